The van der Waals surface area contributed by atoms with E-state index in [1.807, 2.05) is 30.5 Å². The first-order valence-corrected chi connectivity index (χ1v) is 8.40. The zero-order chi connectivity index (χ0) is 16.8. The maximum Gasteiger partial charge on any atom is 0.195 e. The van der Waals surface area contributed by atoms with Crippen molar-refractivity contribution in [3.63, 3.8) is 0 Å². The van der Waals surface area contributed by atoms with Crippen molar-refractivity contribution < 1.29 is 4.39 Å². The number of rotatable bonds is 7. The third-order valence-corrected chi connectivity index (χ3v) is 4.57. The highest BCUT2D eigenvalue weighted by Gasteiger charge is 2.20. The van der Waals surface area contributed by atoms with Crippen LogP contribution in [0.15, 0.2) is 29.4 Å². The van der Waals surface area contributed by atoms with Crippen molar-refractivity contribution in [2.45, 2.75) is 31.0 Å². The minimum Gasteiger partial charge on any atom is -0.300 e. The molecule has 1 heterocycles. The number of nitriles is 1. The van der Waals surface area contributed by atoms with Crippen LogP contribution in [-0.2, 0) is 0 Å². The molecule has 0 saturated heterocycles. The number of benzene rings is 1. The predicted molar refractivity (Wildman–Crippen MR) is 89.0 cm³/mol. The molecule has 0 aliphatic carbocycles. The normalized spacial score (nSPS) is 12.3. The number of halogens is 1. The Bertz CT molecular complexity index is 675. The second kappa shape index (κ2) is 8.09. The van der Waals surface area contributed by atoms with Crippen LogP contribution in [0.25, 0.3) is 5.69 Å². The molecule has 0 amide bonds. The summed E-state index contributed by atoms with van der Waals surface area (Å²) >= 11 is 1.56. The molecule has 0 N–H and O–H groups in total. The van der Waals surface area contributed by atoms with Crippen molar-refractivity contribution in [2.75, 3.05) is 19.8 Å². The van der Waals surface area contributed by atoms with Crippen molar-refractivity contribution in [2.24, 2.45) is 0 Å². The Kier molecular flexibility index (Phi) is 6.13. The zero-order valence-corrected chi connectivity index (χ0v) is 14.3. The quantitative estimate of drug-likeness (QED) is 0.574. The maximum absolute atomic E-state index is 13.2. The molecule has 0 unspecified atom stereocenters. The number of thioether (sulfide) groups is 1. The summed E-state index contributed by atoms with van der Waals surface area (Å²) in [7, 11) is 3.96. The van der Waals surface area contributed by atoms with Crippen molar-refractivity contribution in [3.8, 4) is 11.8 Å². The molecule has 23 heavy (non-hydrogen) atoms. The fourth-order valence-corrected chi connectivity index (χ4v) is 2.92. The van der Waals surface area contributed by atoms with Gasteiger partial charge in [0.05, 0.1) is 12.1 Å². The molecule has 0 fully saturated rings. The van der Waals surface area contributed by atoms with E-state index in [4.69, 9.17) is 5.26 Å². The van der Waals surface area contributed by atoms with E-state index in [2.05, 4.69) is 16.3 Å². The third kappa shape index (κ3) is 4.30. The van der Waals surface area contributed by atoms with Crippen LogP contribution in [0.2, 0.25) is 0 Å². The number of nitrogens with zero attached hydrogens (tertiary/aromatic N) is 5. The lowest BCUT2D eigenvalue weighted by molar-refractivity contribution is 0.305. The van der Waals surface area contributed by atoms with E-state index in [1.165, 1.54) is 12.1 Å². The van der Waals surface area contributed by atoms with Crippen molar-refractivity contribution >= 4 is 11.8 Å². The number of unbranched alkanes of at least 4 members (excludes halogenated alkanes) is 1. The summed E-state index contributed by atoms with van der Waals surface area (Å²) in [5.41, 5.74) is 0.836. The molecule has 0 spiro atoms. The summed E-state index contributed by atoms with van der Waals surface area (Å²) in [6, 6.07) is 8.53. The topological polar surface area (TPSA) is 57.7 Å². The Morgan fingerprint density at radius 3 is 2.61 bits per heavy atom. The second-order valence-electron chi connectivity index (χ2n) is 5.40. The van der Waals surface area contributed by atoms with Gasteiger partial charge in [-0.15, -0.1) is 10.2 Å². The lowest BCUT2D eigenvalue weighted by Gasteiger charge is -2.20. The van der Waals surface area contributed by atoms with Crippen molar-refractivity contribution in [1.82, 2.24) is 19.7 Å². The predicted octanol–water partition coefficient (Wildman–Crippen LogP) is 3.42. The lowest BCUT2D eigenvalue weighted by Crippen LogP contribution is -2.20. The number of aromatic nitrogens is 3. The van der Waals surface area contributed by atoms with Gasteiger partial charge >= 0.3 is 0 Å². The van der Waals surface area contributed by atoms with Crippen LogP contribution < -0.4 is 0 Å². The van der Waals surface area contributed by atoms with Crippen molar-refractivity contribution in [1.29, 1.82) is 5.26 Å². The summed E-state index contributed by atoms with van der Waals surface area (Å²) in [5.74, 6) is 1.33. The summed E-state index contributed by atoms with van der Waals surface area (Å²) in [5, 5.41) is 18.0. The zero-order valence-electron chi connectivity index (χ0n) is 13.5. The highest BCUT2D eigenvalue weighted by Crippen LogP contribution is 2.27. The van der Waals surface area contributed by atoms with Crippen LogP contribution in [-0.4, -0.2) is 39.5 Å². The van der Waals surface area contributed by atoms with Gasteiger partial charge in [-0.25, -0.2) is 4.39 Å². The molecule has 1 aromatic carbocycles. The van der Waals surface area contributed by atoms with Crippen LogP contribution in [0.4, 0.5) is 4.39 Å². The molecule has 122 valence electrons. The second-order valence-corrected chi connectivity index (χ2v) is 6.46. The highest BCUT2D eigenvalue weighted by molar-refractivity contribution is 7.99. The molecular formula is C16H20FN5S. The Hall–Kier alpha value is -1.91. The summed E-state index contributed by atoms with van der Waals surface area (Å²) in [4.78, 5) is 2.05. The number of hydrogen-bond acceptors (Lipinski definition) is 5. The van der Waals surface area contributed by atoms with Gasteiger partial charge in [-0.2, -0.15) is 5.26 Å². The molecule has 0 radical (unpaired) electrons. The first-order chi connectivity index (χ1) is 11.0. The minimum absolute atomic E-state index is 0.0704. The molecule has 5 nitrogen and oxygen atoms in total. The average Bonchev–Trinajstić information content (AvgIpc) is 2.95. The van der Waals surface area contributed by atoms with Gasteiger partial charge in [-0.1, -0.05) is 11.8 Å². The first-order valence-electron chi connectivity index (χ1n) is 7.42. The SMILES string of the molecule is C[C@@H](c1nnc(SCCCC#N)n1-c1ccc(F)cc1)N(C)C. The van der Waals surface area contributed by atoms with Crippen LogP contribution in [0.1, 0.15) is 31.6 Å². The number of hydrogen-bond donors (Lipinski definition) is 0. The van der Waals surface area contributed by atoms with Gasteiger partial charge in [0, 0.05) is 17.9 Å². The largest absolute Gasteiger partial charge is 0.300 e. The van der Waals surface area contributed by atoms with E-state index < -0.39 is 0 Å². The van der Waals surface area contributed by atoms with E-state index in [0.29, 0.717) is 6.42 Å². The summed E-state index contributed by atoms with van der Waals surface area (Å²) < 4.78 is 15.2. The third-order valence-electron chi connectivity index (χ3n) is 3.56. The highest BCUT2D eigenvalue weighted by atomic mass is 32.2. The molecule has 0 bridgehead atoms. The van der Waals surface area contributed by atoms with Crippen LogP contribution in [0.3, 0.4) is 0 Å². The molecular weight excluding hydrogens is 313 g/mol. The minimum atomic E-state index is -0.271. The Balaban J connectivity index is 2.35. The Morgan fingerprint density at radius 1 is 1.30 bits per heavy atom. The van der Waals surface area contributed by atoms with Gasteiger partial charge in [-0.3, -0.25) is 9.47 Å². The van der Waals surface area contributed by atoms with E-state index in [0.717, 1.165) is 28.8 Å². The molecule has 2 aromatic rings. The lowest BCUT2D eigenvalue weighted by atomic mass is 10.2. The van der Waals surface area contributed by atoms with Gasteiger partial charge in [0.25, 0.3) is 0 Å². The van der Waals surface area contributed by atoms with Crippen LogP contribution >= 0.6 is 11.8 Å². The van der Waals surface area contributed by atoms with E-state index in [-0.39, 0.29) is 11.9 Å². The van der Waals surface area contributed by atoms with E-state index in [1.54, 1.807) is 23.9 Å². The van der Waals surface area contributed by atoms with Crippen LogP contribution in [0, 0.1) is 17.1 Å². The van der Waals surface area contributed by atoms with Gasteiger partial charge < -0.3 is 0 Å². The first kappa shape index (κ1) is 17.4. The fraction of sp³-hybridized carbons (Fsp3) is 0.438. The average molecular weight is 333 g/mol. The maximum atomic E-state index is 13.2. The van der Waals surface area contributed by atoms with E-state index >= 15 is 0 Å². The van der Waals surface area contributed by atoms with Crippen molar-refractivity contribution in [3.05, 3.63) is 35.9 Å². The molecule has 0 aliphatic rings. The van der Waals surface area contributed by atoms with Gasteiger partial charge in [0.15, 0.2) is 11.0 Å². The molecule has 2 rings (SSSR count). The molecule has 1 atom stereocenters. The monoisotopic (exact) mass is 333 g/mol. The molecule has 7 heteroatoms. The molecule has 0 saturated carbocycles. The Labute approximate surface area is 140 Å². The van der Waals surface area contributed by atoms with Crippen LogP contribution in [0.5, 0.6) is 0 Å². The smallest absolute Gasteiger partial charge is 0.195 e. The summed E-state index contributed by atoms with van der Waals surface area (Å²) in [6.45, 7) is 2.05. The molecule has 1 aromatic heterocycles. The summed E-state index contributed by atoms with van der Waals surface area (Å²) in [6.07, 6.45) is 1.33. The van der Waals surface area contributed by atoms with E-state index in [9.17, 15) is 4.39 Å². The van der Waals surface area contributed by atoms with Gasteiger partial charge in [0.2, 0.25) is 0 Å². The van der Waals surface area contributed by atoms with Gasteiger partial charge in [0.1, 0.15) is 5.82 Å². The van der Waals surface area contributed by atoms with Gasteiger partial charge in [-0.05, 0) is 51.7 Å². The Morgan fingerprint density at radius 2 is 2.00 bits per heavy atom. The molecule has 0 aliphatic heterocycles. The standard InChI is InChI=1S/C16H20FN5S/c1-12(21(2)3)15-19-20-16(23-11-5-4-10-18)22(15)14-8-6-13(17)7-9-14/h6-9,12H,4-5,11H2,1-3H3/t12-/m0/s1. The fourth-order valence-electron chi connectivity index (χ4n) is 2.02.